The first-order valence-electron chi connectivity index (χ1n) is 15.3. The summed E-state index contributed by atoms with van der Waals surface area (Å²) in [7, 11) is 0. The van der Waals surface area contributed by atoms with Gasteiger partial charge in [0, 0.05) is 17.3 Å². The van der Waals surface area contributed by atoms with Crippen LogP contribution in [-0.4, -0.2) is 69.6 Å². The summed E-state index contributed by atoms with van der Waals surface area (Å²) in [5.41, 5.74) is 14.0. The molecule has 0 aliphatic heterocycles. The minimum Gasteiger partial charge on any atom is -0.481 e. The average Bonchev–Trinajstić information content (AvgIpc) is 3.37. The van der Waals surface area contributed by atoms with E-state index >= 15 is 0 Å². The molecule has 3 aromatic rings. The van der Waals surface area contributed by atoms with E-state index in [1.165, 1.54) is 0 Å². The Morgan fingerprint density at radius 1 is 0.848 bits per heavy atom. The SMILES string of the molecule is CC[C@H](C)[C@H](NC(=O)[C@H](Cc1c(SCC(=O)O)[nH]c2ccccc12)NC(=O)[C@@H](NC(=O)[C@@H](N)Cc1ccccc1)C(C)C)C(N)=O. The molecular weight excluding hydrogens is 608 g/mol. The number of nitrogens with two attached hydrogens (primary N) is 2. The monoisotopic (exact) mass is 652 g/mol. The largest absolute Gasteiger partial charge is 0.481 e. The van der Waals surface area contributed by atoms with Crippen LogP contribution >= 0.6 is 11.8 Å². The molecule has 0 fully saturated rings. The molecule has 13 heteroatoms. The van der Waals surface area contributed by atoms with E-state index in [-0.39, 0.29) is 30.4 Å². The molecule has 0 unspecified atom stereocenters. The van der Waals surface area contributed by atoms with Crippen molar-refractivity contribution >= 4 is 52.3 Å². The zero-order valence-electron chi connectivity index (χ0n) is 26.5. The fraction of sp³-hybridized carbons (Fsp3) is 0.424. The van der Waals surface area contributed by atoms with Gasteiger partial charge < -0.3 is 37.5 Å². The normalized spacial score (nSPS) is 14.6. The molecular formula is C33H44N6O6S. The third-order valence-electron chi connectivity index (χ3n) is 7.86. The number of carboxylic acids is 1. The highest BCUT2D eigenvalue weighted by Crippen LogP contribution is 2.31. The Labute approximate surface area is 272 Å². The Kier molecular flexibility index (Phi) is 13.2. The van der Waals surface area contributed by atoms with Gasteiger partial charge in [0.1, 0.15) is 18.1 Å². The summed E-state index contributed by atoms with van der Waals surface area (Å²) in [6.45, 7) is 7.16. The number of nitrogens with one attached hydrogen (secondary N) is 4. The second kappa shape index (κ2) is 16.8. The molecule has 0 radical (unpaired) electrons. The molecule has 1 heterocycles. The molecule has 5 atom stereocenters. The summed E-state index contributed by atoms with van der Waals surface area (Å²) < 4.78 is 0. The lowest BCUT2D eigenvalue weighted by Crippen LogP contribution is -2.60. The number of aromatic nitrogens is 1. The van der Waals surface area contributed by atoms with Crippen molar-refractivity contribution in [2.75, 3.05) is 5.75 Å². The number of H-pyrrole nitrogens is 1. The number of benzene rings is 2. The standard InChI is InChI=1S/C33H44N6O6S/c1-5-19(4)28(29(35)42)39-31(44)25(16-22-21-13-9-10-14-24(21)37-33(22)46-17-26(40)41)36-32(45)27(18(2)3)38-30(43)23(34)15-20-11-7-6-8-12-20/h6-14,18-19,23,25,27-28,37H,5,15-17,34H2,1-4H3,(H2,35,42)(H,36,45)(H,38,43)(H,39,44)(H,40,41)/t19-,23-,25-,27-,28-/m0/s1. The minimum absolute atomic E-state index is 0.0399. The van der Waals surface area contributed by atoms with Gasteiger partial charge in [-0.15, -0.1) is 0 Å². The molecule has 0 bridgehead atoms. The zero-order valence-corrected chi connectivity index (χ0v) is 27.4. The van der Waals surface area contributed by atoms with E-state index in [1.807, 2.05) is 61.5 Å². The molecule has 0 aliphatic rings. The van der Waals surface area contributed by atoms with Crippen LogP contribution in [0.3, 0.4) is 0 Å². The van der Waals surface area contributed by atoms with Crippen LogP contribution in [0.4, 0.5) is 0 Å². The summed E-state index contributed by atoms with van der Waals surface area (Å²) in [5, 5.41) is 18.8. The van der Waals surface area contributed by atoms with Crippen molar-refractivity contribution in [2.45, 2.75) is 76.2 Å². The maximum Gasteiger partial charge on any atom is 0.313 e. The van der Waals surface area contributed by atoms with Gasteiger partial charge in [0.05, 0.1) is 16.8 Å². The summed E-state index contributed by atoms with van der Waals surface area (Å²) >= 11 is 1.06. The number of fused-ring (bicyclic) bond motifs is 1. The Balaban J connectivity index is 1.92. The van der Waals surface area contributed by atoms with Gasteiger partial charge in [-0.25, -0.2) is 0 Å². The highest BCUT2D eigenvalue weighted by molar-refractivity contribution is 7.99. The Bertz CT molecular complexity index is 1530. The first-order chi connectivity index (χ1) is 21.8. The van der Waals surface area contributed by atoms with E-state index in [1.54, 1.807) is 20.8 Å². The molecule has 46 heavy (non-hydrogen) atoms. The first kappa shape index (κ1) is 36.1. The minimum atomic E-state index is -1.21. The first-order valence-corrected chi connectivity index (χ1v) is 16.2. The molecule has 4 amide bonds. The molecule has 0 saturated heterocycles. The van der Waals surface area contributed by atoms with Crippen molar-refractivity contribution in [3.8, 4) is 0 Å². The van der Waals surface area contributed by atoms with Crippen LogP contribution in [0.25, 0.3) is 10.9 Å². The number of primary amides is 1. The summed E-state index contributed by atoms with van der Waals surface area (Å²) in [6.07, 6.45) is 0.793. The molecule has 0 saturated carbocycles. The van der Waals surface area contributed by atoms with Crippen molar-refractivity contribution in [1.29, 1.82) is 0 Å². The summed E-state index contributed by atoms with van der Waals surface area (Å²) in [4.78, 5) is 67.6. The van der Waals surface area contributed by atoms with Crippen LogP contribution in [-0.2, 0) is 36.8 Å². The Hall–Kier alpha value is -4.36. The molecule has 0 aliphatic carbocycles. The van der Waals surface area contributed by atoms with Gasteiger partial charge in [0.2, 0.25) is 23.6 Å². The molecule has 3 rings (SSSR count). The van der Waals surface area contributed by atoms with Crippen molar-refractivity contribution in [2.24, 2.45) is 23.3 Å². The zero-order chi connectivity index (χ0) is 34.0. The van der Waals surface area contributed by atoms with E-state index in [2.05, 4.69) is 20.9 Å². The number of thioether (sulfide) groups is 1. The van der Waals surface area contributed by atoms with E-state index in [9.17, 15) is 29.1 Å². The number of aromatic amines is 1. The van der Waals surface area contributed by atoms with Crippen LogP contribution in [0.15, 0.2) is 59.6 Å². The fourth-order valence-corrected chi connectivity index (χ4v) is 5.87. The van der Waals surface area contributed by atoms with Gasteiger partial charge in [-0.1, -0.05) is 94.4 Å². The van der Waals surface area contributed by atoms with Crippen LogP contribution in [0.5, 0.6) is 0 Å². The topological polar surface area (TPSA) is 210 Å². The van der Waals surface area contributed by atoms with Crippen LogP contribution in [0.1, 0.15) is 45.2 Å². The van der Waals surface area contributed by atoms with E-state index in [0.29, 0.717) is 17.0 Å². The number of para-hydroxylation sites is 1. The Morgan fingerprint density at radius 3 is 2.09 bits per heavy atom. The third kappa shape index (κ3) is 9.82. The van der Waals surface area contributed by atoms with Crippen molar-refractivity contribution in [3.63, 3.8) is 0 Å². The van der Waals surface area contributed by atoms with Gasteiger partial charge in [0.25, 0.3) is 0 Å². The van der Waals surface area contributed by atoms with Gasteiger partial charge in [-0.05, 0) is 35.4 Å². The molecule has 0 spiro atoms. The van der Waals surface area contributed by atoms with Crippen LogP contribution in [0.2, 0.25) is 0 Å². The average molecular weight is 653 g/mol. The predicted molar refractivity (Wildman–Crippen MR) is 178 cm³/mol. The number of amides is 4. The molecule has 9 N–H and O–H groups in total. The Morgan fingerprint density at radius 2 is 1.48 bits per heavy atom. The summed E-state index contributed by atoms with van der Waals surface area (Å²) in [6, 6.07) is 12.4. The number of hydrogen-bond acceptors (Lipinski definition) is 7. The van der Waals surface area contributed by atoms with Crippen molar-refractivity contribution < 1.29 is 29.1 Å². The van der Waals surface area contributed by atoms with Gasteiger partial charge >= 0.3 is 5.97 Å². The lowest BCUT2D eigenvalue weighted by Gasteiger charge is -2.28. The number of carboxylic acid groups (broad SMARTS) is 1. The van der Waals surface area contributed by atoms with E-state index < -0.39 is 53.8 Å². The van der Waals surface area contributed by atoms with Crippen molar-refractivity contribution in [1.82, 2.24) is 20.9 Å². The number of carbonyl (C=O) groups is 5. The van der Waals surface area contributed by atoms with Crippen LogP contribution < -0.4 is 27.4 Å². The summed E-state index contributed by atoms with van der Waals surface area (Å²) in [5.74, 6) is -4.39. The maximum atomic E-state index is 13.8. The number of carbonyl (C=O) groups excluding carboxylic acids is 4. The molecule has 2 aromatic carbocycles. The van der Waals surface area contributed by atoms with Crippen LogP contribution in [0, 0.1) is 11.8 Å². The lowest BCUT2D eigenvalue weighted by atomic mass is 9.97. The predicted octanol–water partition coefficient (Wildman–Crippen LogP) is 2.10. The van der Waals surface area contributed by atoms with E-state index in [4.69, 9.17) is 11.5 Å². The van der Waals surface area contributed by atoms with Gasteiger partial charge in [-0.3, -0.25) is 24.0 Å². The number of rotatable bonds is 17. The number of hydrogen-bond donors (Lipinski definition) is 7. The molecule has 12 nitrogen and oxygen atoms in total. The fourth-order valence-electron chi connectivity index (χ4n) is 5.05. The highest BCUT2D eigenvalue weighted by atomic mass is 32.2. The second-order valence-corrected chi connectivity index (χ2v) is 12.7. The highest BCUT2D eigenvalue weighted by Gasteiger charge is 2.33. The number of aliphatic carboxylic acids is 1. The second-order valence-electron chi connectivity index (χ2n) is 11.7. The maximum absolute atomic E-state index is 13.8. The van der Waals surface area contributed by atoms with Gasteiger partial charge in [-0.2, -0.15) is 0 Å². The smallest absolute Gasteiger partial charge is 0.313 e. The van der Waals surface area contributed by atoms with Crippen molar-refractivity contribution in [3.05, 3.63) is 65.7 Å². The molecule has 248 valence electrons. The molecule has 1 aromatic heterocycles. The lowest BCUT2D eigenvalue weighted by molar-refractivity contribution is -0.134. The van der Waals surface area contributed by atoms with Gasteiger partial charge in [0.15, 0.2) is 0 Å². The third-order valence-corrected chi connectivity index (χ3v) is 8.88. The van der Waals surface area contributed by atoms with E-state index in [0.717, 1.165) is 28.2 Å². The quantitative estimate of drug-likeness (QED) is 0.107.